The van der Waals surface area contributed by atoms with Crippen LogP contribution in [0.5, 0.6) is 0 Å². The van der Waals surface area contributed by atoms with Gasteiger partial charge in [0.1, 0.15) is 0 Å². The van der Waals surface area contributed by atoms with Crippen LogP contribution < -0.4 is 10.6 Å². The Hall–Kier alpha value is -0.420. The number of β-amino-alcohol motifs (C(OH)–C–C–N with tert-alkyl or cyclic N) is 1. The van der Waals surface area contributed by atoms with Crippen LogP contribution in [-0.4, -0.2) is 110 Å². The summed E-state index contributed by atoms with van der Waals surface area (Å²) in [7, 11) is 6.04. The minimum atomic E-state index is -4.26. The molecule has 32 heavy (non-hydrogen) atoms. The van der Waals surface area contributed by atoms with Crippen molar-refractivity contribution in [3.05, 3.63) is 11.6 Å². The lowest BCUT2D eigenvalue weighted by Crippen LogP contribution is -2.67. The first-order valence-corrected chi connectivity index (χ1v) is 12.1. The summed E-state index contributed by atoms with van der Waals surface area (Å²) in [5, 5.41) is 17.0. The summed E-state index contributed by atoms with van der Waals surface area (Å²) in [5.74, 6) is -1.37. The molecule has 3 fully saturated rings. The van der Waals surface area contributed by atoms with Crippen molar-refractivity contribution in [3.8, 4) is 0 Å². The van der Waals surface area contributed by atoms with Gasteiger partial charge in [-0.2, -0.15) is 13.2 Å². The molecular formula is C22H37ClF3N5O. The third-order valence-corrected chi connectivity index (χ3v) is 8.45. The molecular weight excluding hydrogens is 443 g/mol. The van der Waals surface area contributed by atoms with Crippen molar-refractivity contribution in [3.63, 3.8) is 0 Å². The highest BCUT2D eigenvalue weighted by molar-refractivity contribution is 6.20. The predicted molar refractivity (Wildman–Crippen MR) is 119 cm³/mol. The highest BCUT2D eigenvalue weighted by Gasteiger charge is 2.50. The predicted octanol–water partition coefficient (Wildman–Crippen LogP) is 1.51. The molecule has 0 radical (unpaired) electrons. The van der Waals surface area contributed by atoms with Crippen LogP contribution in [0.2, 0.25) is 0 Å². The number of alkyl halides is 4. The van der Waals surface area contributed by atoms with Crippen LogP contribution in [0.25, 0.3) is 0 Å². The Kier molecular flexibility index (Phi) is 7.47. The zero-order valence-corrected chi connectivity index (χ0v) is 19.9. The second-order valence-corrected chi connectivity index (χ2v) is 10.9. The normalized spacial score (nSPS) is 42.6. The molecule has 0 aromatic carbocycles. The van der Waals surface area contributed by atoms with E-state index >= 15 is 0 Å². The molecule has 4 rings (SSSR count). The number of rotatable bonds is 4. The average Bonchev–Trinajstić information content (AvgIpc) is 3.32. The number of likely N-dealkylation sites (tertiary alicyclic amines) is 1. The van der Waals surface area contributed by atoms with E-state index in [4.69, 9.17) is 11.6 Å². The number of halogens is 4. The summed E-state index contributed by atoms with van der Waals surface area (Å²) < 4.78 is 40.6. The standard InChI is InChI=1S/C22H37ClF3N5O/c1-29(2)18-11-31(12-19(18)32)21-15(14-6-7-30(3)10-14)9-27-20(28-21)13-4-5-17(23)16(8-13)22(24,25)26/h6,13,15-21,27-28,32H,4-5,7-12H2,1-3H3/t13?,15?,16?,17?,18-,19-,20?,21?/m0/s1. The Morgan fingerprint density at radius 2 is 1.97 bits per heavy atom. The van der Waals surface area contributed by atoms with Gasteiger partial charge in [-0.15, -0.1) is 11.6 Å². The van der Waals surface area contributed by atoms with Crippen LogP contribution in [0.15, 0.2) is 11.6 Å². The van der Waals surface area contributed by atoms with E-state index < -0.39 is 23.6 Å². The zero-order chi connectivity index (χ0) is 23.2. The minimum Gasteiger partial charge on any atom is -0.390 e. The zero-order valence-electron chi connectivity index (χ0n) is 19.2. The Balaban J connectivity index is 1.51. The molecule has 6 nitrogen and oxygen atoms in total. The second-order valence-electron chi connectivity index (χ2n) is 10.4. The van der Waals surface area contributed by atoms with Gasteiger partial charge in [0, 0.05) is 50.1 Å². The Morgan fingerprint density at radius 1 is 1.22 bits per heavy atom. The molecule has 184 valence electrons. The van der Waals surface area contributed by atoms with Crippen LogP contribution in [0.1, 0.15) is 19.3 Å². The number of aliphatic hydroxyl groups excluding tert-OH is 1. The lowest BCUT2D eigenvalue weighted by atomic mass is 9.78. The number of nitrogens with zero attached hydrogens (tertiary/aromatic N) is 3. The maximum Gasteiger partial charge on any atom is 0.393 e. The summed E-state index contributed by atoms with van der Waals surface area (Å²) in [5.41, 5.74) is 1.36. The molecule has 6 unspecified atom stereocenters. The fourth-order valence-electron chi connectivity index (χ4n) is 6.04. The number of likely N-dealkylation sites (N-methyl/N-ethyl adjacent to an activating group) is 2. The molecule has 8 atom stereocenters. The topological polar surface area (TPSA) is 54.0 Å². The molecule has 2 saturated heterocycles. The fraction of sp³-hybridized carbons (Fsp3) is 0.909. The summed E-state index contributed by atoms with van der Waals surface area (Å²) >= 11 is 6.07. The van der Waals surface area contributed by atoms with Crippen LogP contribution in [0, 0.1) is 17.8 Å². The molecule has 1 aliphatic carbocycles. The summed E-state index contributed by atoms with van der Waals surface area (Å²) in [4.78, 5) is 6.60. The molecule has 0 spiro atoms. The molecule has 0 aromatic heterocycles. The molecule has 4 aliphatic rings. The van der Waals surface area contributed by atoms with Crippen molar-refractivity contribution in [1.82, 2.24) is 25.3 Å². The van der Waals surface area contributed by atoms with E-state index in [1.807, 2.05) is 14.1 Å². The Labute approximate surface area is 194 Å². The van der Waals surface area contributed by atoms with Gasteiger partial charge in [-0.05, 0) is 46.3 Å². The summed E-state index contributed by atoms with van der Waals surface area (Å²) in [6.45, 7) is 3.83. The quantitative estimate of drug-likeness (QED) is 0.420. The fourth-order valence-corrected chi connectivity index (χ4v) is 6.42. The van der Waals surface area contributed by atoms with E-state index in [0.717, 1.165) is 26.2 Å². The van der Waals surface area contributed by atoms with Crippen molar-refractivity contribution in [2.45, 2.75) is 55.3 Å². The van der Waals surface area contributed by atoms with E-state index in [-0.39, 0.29) is 36.6 Å². The van der Waals surface area contributed by atoms with E-state index in [2.05, 4.69) is 38.5 Å². The van der Waals surface area contributed by atoms with E-state index in [1.54, 1.807) is 0 Å². The van der Waals surface area contributed by atoms with Crippen LogP contribution in [0.4, 0.5) is 13.2 Å². The van der Waals surface area contributed by atoms with Crippen molar-refractivity contribution in [2.75, 3.05) is 53.9 Å². The third-order valence-electron chi connectivity index (χ3n) is 7.93. The number of hydrogen-bond donors (Lipinski definition) is 3. The number of nitrogens with one attached hydrogen (secondary N) is 2. The molecule has 10 heteroatoms. The van der Waals surface area contributed by atoms with Gasteiger partial charge in [0.2, 0.25) is 0 Å². The molecule has 3 aliphatic heterocycles. The smallest absolute Gasteiger partial charge is 0.390 e. The monoisotopic (exact) mass is 479 g/mol. The number of hydrogen-bond acceptors (Lipinski definition) is 6. The van der Waals surface area contributed by atoms with Gasteiger partial charge in [-0.25, -0.2) is 0 Å². The molecule has 3 heterocycles. The van der Waals surface area contributed by atoms with E-state index in [0.29, 0.717) is 19.4 Å². The van der Waals surface area contributed by atoms with Crippen molar-refractivity contribution in [2.24, 2.45) is 17.8 Å². The Morgan fingerprint density at radius 3 is 2.56 bits per heavy atom. The first-order chi connectivity index (χ1) is 15.0. The molecule has 0 amide bonds. The summed E-state index contributed by atoms with van der Waals surface area (Å²) in [6.07, 6.45) is -1.54. The molecule has 0 aromatic rings. The SMILES string of the molecule is CN1CC=C(C2CNC(C3CCC(Cl)C(C(F)(F)F)C3)NC2N2C[C@H](O)[C@@H](N(C)C)C2)C1. The van der Waals surface area contributed by atoms with Crippen molar-refractivity contribution >= 4 is 11.6 Å². The minimum absolute atomic E-state index is 0.0170. The van der Waals surface area contributed by atoms with Crippen LogP contribution >= 0.6 is 11.6 Å². The highest BCUT2D eigenvalue weighted by atomic mass is 35.5. The third kappa shape index (κ3) is 5.14. The van der Waals surface area contributed by atoms with Crippen LogP contribution in [-0.2, 0) is 0 Å². The largest absolute Gasteiger partial charge is 0.393 e. The van der Waals surface area contributed by atoms with Gasteiger partial charge in [0.25, 0.3) is 0 Å². The average molecular weight is 480 g/mol. The first kappa shape index (κ1) is 24.7. The number of aliphatic hydroxyl groups is 1. The van der Waals surface area contributed by atoms with Gasteiger partial charge in [0.05, 0.1) is 24.4 Å². The lowest BCUT2D eigenvalue weighted by Gasteiger charge is -2.47. The lowest BCUT2D eigenvalue weighted by molar-refractivity contribution is -0.185. The highest BCUT2D eigenvalue weighted by Crippen LogP contribution is 2.44. The van der Waals surface area contributed by atoms with E-state index in [9.17, 15) is 18.3 Å². The van der Waals surface area contributed by atoms with E-state index in [1.165, 1.54) is 5.57 Å². The van der Waals surface area contributed by atoms with Crippen LogP contribution in [0.3, 0.4) is 0 Å². The maximum atomic E-state index is 13.5. The molecule has 0 bridgehead atoms. The molecule has 3 N–H and O–H groups in total. The van der Waals surface area contributed by atoms with Gasteiger partial charge in [-0.1, -0.05) is 11.6 Å². The first-order valence-electron chi connectivity index (χ1n) is 11.7. The van der Waals surface area contributed by atoms with Gasteiger partial charge < -0.3 is 15.3 Å². The van der Waals surface area contributed by atoms with Crippen molar-refractivity contribution < 1.29 is 18.3 Å². The Bertz CT molecular complexity index is 693. The van der Waals surface area contributed by atoms with Gasteiger partial charge >= 0.3 is 6.18 Å². The van der Waals surface area contributed by atoms with Gasteiger partial charge in [-0.3, -0.25) is 15.1 Å². The van der Waals surface area contributed by atoms with Crippen molar-refractivity contribution in [1.29, 1.82) is 0 Å². The maximum absolute atomic E-state index is 13.5. The summed E-state index contributed by atoms with van der Waals surface area (Å²) in [6, 6.07) is 0.0484. The molecule has 1 saturated carbocycles. The second kappa shape index (κ2) is 9.68. The van der Waals surface area contributed by atoms with Gasteiger partial charge in [0.15, 0.2) is 0 Å².